The Kier molecular flexibility index (Phi) is 2.23. The highest BCUT2D eigenvalue weighted by Crippen LogP contribution is 2.17. The van der Waals surface area contributed by atoms with Gasteiger partial charge < -0.3 is 9.38 Å². The average Bonchev–Trinajstić information content (AvgIpc) is 2.71. The van der Waals surface area contributed by atoms with Crippen molar-refractivity contribution in [3.05, 3.63) is 51.9 Å². The standard InChI is InChI=1S/C13H11ClN2O/c1-8-4-5-16-11-3-2-9(7-14)6-10(11)15-13(17)12(8)16/h2-6H,7H2,1H3,(H,15,17). The second kappa shape index (κ2) is 3.64. The minimum absolute atomic E-state index is 0.0632. The number of hydrogen-bond acceptors (Lipinski definition) is 1. The van der Waals surface area contributed by atoms with E-state index < -0.39 is 0 Å². The fraction of sp³-hybridized carbons (Fsp3) is 0.154. The van der Waals surface area contributed by atoms with Crippen molar-refractivity contribution in [2.45, 2.75) is 12.8 Å². The molecule has 3 rings (SSSR count). The quantitative estimate of drug-likeness (QED) is 0.659. The Labute approximate surface area is 103 Å². The second-order valence-electron chi connectivity index (χ2n) is 4.16. The first-order chi connectivity index (χ1) is 8.20. The Bertz CT molecular complexity index is 770. The first-order valence-electron chi connectivity index (χ1n) is 5.39. The Balaban J connectivity index is 2.53. The van der Waals surface area contributed by atoms with E-state index in [4.69, 9.17) is 11.6 Å². The lowest BCUT2D eigenvalue weighted by atomic mass is 10.2. The van der Waals surface area contributed by atoms with Crippen LogP contribution < -0.4 is 5.56 Å². The molecule has 2 heterocycles. The van der Waals surface area contributed by atoms with Crippen LogP contribution >= 0.6 is 11.6 Å². The molecule has 0 fully saturated rings. The lowest BCUT2D eigenvalue weighted by Gasteiger charge is -2.04. The van der Waals surface area contributed by atoms with Crippen LogP contribution in [0.1, 0.15) is 11.1 Å². The number of benzene rings is 1. The number of nitrogens with one attached hydrogen (secondary N) is 1. The fourth-order valence-corrected chi connectivity index (χ4v) is 2.34. The number of fused-ring (bicyclic) bond motifs is 3. The van der Waals surface area contributed by atoms with Crippen molar-refractivity contribution in [2.75, 3.05) is 0 Å². The zero-order valence-corrected chi connectivity index (χ0v) is 10.1. The highest BCUT2D eigenvalue weighted by Gasteiger charge is 2.07. The number of aryl methyl sites for hydroxylation is 1. The third kappa shape index (κ3) is 1.46. The molecule has 0 bridgehead atoms. The molecule has 3 aromatic rings. The van der Waals surface area contributed by atoms with Crippen molar-refractivity contribution >= 4 is 28.2 Å². The van der Waals surface area contributed by atoms with E-state index in [1.54, 1.807) is 0 Å². The summed E-state index contributed by atoms with van der Waals surface area (Å²) in [7, 11) is 0. The molecule has 2 aromatic heterocycles. The number of hydrogen-bond donors (Lipinski definition) is 1. The normalized spacial score (nSPS) is 11.4. The average molecular weight is 247 g/mol. The maximum atomic E-state index is 12.0. The van der Waals surface area contributed by atoms with Crippen molar-refractivity contribution in [3.8, 4) is 0 Å². The second-order valence-corrected chi connectivity index (χ2v) is 4.42. The fourth-order valence-electron chi connectivity index (χ4n) is 2.18. The van der Waals surface area contributed by atoms with E-state index >= 15 is 0 Å². The van der Waals surface area contributed by atoms with Crippen molar-refractivity contribution < 1.29 is 0 Å². The number of nitrogens with zero attached hydrogens (tertiary/aromatic N) is 1. The number of rotatable bonds is 1. The van der Waals surface area contributed by atoms with Gasteiger partial charge in [0, 0.05) is 12.1 Å². The summed E-state index contributed by atoms with van der Waals surface area (Å²) in [5, 5.41) is 0. The summed E-state index contributed by atoms with van der Waals surface area (Å²) in [6.45, 7) is 1.93. The van der Waals surface area contributed by atoms with Crippen LogP contribution in [0.25, 0.3) is 16.6 Å². The zero-order chi connectivity index (χ0) is 12.0. The molecule has 0 saturated carbocycles. The SMILES string of the molecule is Cc1ccn2c1c(=O)[nH]c1cc(CCl)ccc12. The summed E-state index contributed by atoms with van der Waals surface area (Å²) in [6, 6.07) is 7.82. The Morgan fingerprint density at radius 3 is 2.94 bits per heavy atom. The third-order valence-corrected chi connectivity index (χ3v) is 3.33. The first-order valence-corrected chi connectivity index (χ1v) is 5.92. The highest BCUT2D eigenvalue weighted by atomic mass is 35.5. The number of aromatic amines is 1. The topological polar surface area (TPSA) is 37.3 Å². The van der Waals surface area contributed by atoms with E-state index in [1.165, 1.54) is 0 Å². The molecule has 0 unspecified atom stereocenters. The molecule has 0 amide bonds. The van der Waals surface area contributed by atoms with Gasteiger partial charge in [-0.15, -0.1) is 11.6 Å². The highest BCUT2D eigenvalue weighted by molar-refractivity contribution is 6.17. The van der Waals surface area contributed by atoms with Crippen LogP contribution in [-0.2, 0) is 5.88 Å². The lowest BCUT2D eigenvalue weighted by molar-refractivity contribution is 1.18. The van der Waals surface area contributed by atoms with Gasteiger partial charge in [-0.25, -0.2) is 0 Å². The molecule has 17 heavy (non-hydrogen) atoms. The van der Waals surface area contributed by atoms with Crippen LogP contribution in [0.2, 0.25) is 0 Å². The van der Waals surface area contributed by atoms with Gasteiger partial charge >= 0.3 is 0 Å². The van der Waals surface area contributed by atoms with Crippen molar-refractivity contribution in [2.24, 2.45) is 0 Å². The molecule has 0 spiro atoms. The molecule has 0 aliphatic rings. The molecule has 1 aromatic carbocycles. The smallest absolute Gasteiger partial charge is 0.272 e. The summed E-state index contributed by atoms with van der Waals surface area (Å²) in [5.74, 6) is 0.445. The van der Waals surface area contributed by atoms with Gasteiger partial charge in [-0.2, -0.15) is 0 Å². The Hall–Kier alpha value is -1.74. The molecule has 0 aliphatic carbocycles. The summed E-state index contributed by atoms with van der Waals surface area (Å²) in [4.78, 5) is 14.9. The van der Waals surface area contributed by atoms with Gasteiger partial charge in [0.1, 0.15) is 5.52 Å². The van der Waals surface area contributed by atoms with Crippen LogP contribution in [0, 0.1) is 6.92 Å². The molecular formula is C13H11ClN2O. The maximum Gasteiger partial charge on any atom is 0.272 e. The summed E-state index contributed by atoms with van der Waals surface area (Å²) in [5.41, 5.74) is 4.42. The number of alkyl halides is 1. The lowest BCUT2D eigenvalue weighted by Crippen LogP contribution is -2.10. The first kappa shape index (κ1) is 10.4. The van der Waals surface area contributed by atoms with Crippen LogP contribution in [0.3, 0.4) is 0 Å². The Morgan fingerprint density at radius 2 is 2.18 bits per heavy atom. The molecule has 3 nitrogen and oxygen atoms in total. The van der Waals surface area contributed by atoms with E-state index in [0.717, 1.165) is 22.2 Å². The minimum atomic E-state index is -0.0632. The van der Waals surface area contributed by atoms with Gasteiger partial charge in [-0.3, -0.25) is 4.79 Å². The summed E-state index contributed by atoms with van der Waals surface area (Å²) in [6.07, 6.45) is 1.92. The minimum Gasteiger partial charge on any atom is -0.319 e. The van der Waals surface area contributed by atoms with Gasteiger partial charge in [-0.05, 0) is 36.2 Å². The largest absolute Gasteiger partial charge is 0.319 e. The predicted octanol–water partition coefficient (Wildman–Crippen LogP) is 2.83. The molecule has 1 N–H and O–H groups in total. The van der Waals surface area contributed by atoms with E-state index in [1.807, 2.05) is 41.8 Å². The predicted molar refractivity (Wildman–Crippen MR) is 69.8 cm³/mol. The molecule has 4 heteroatoms. The number of aromatic nitrogens is 2. The van der Waals surface area contributed by atoms with Crippen LogP contribution in [0.5, 0.6) is 0 Å². The molecule has 0 saturated heterocycles. The van der Waals surface area contributed by atoms with E-state index in [-0.39, 0.29) is 5.56 Å². The molecule has 0 radical (unpaired) electrons. The molecule has 86 valence electrons. The van der Waals surface area contributed by atoms with E-state index in [2.05, 4.69) is 4.98 Å². The van der Waals surface area contributed by atoms with Crippen molar-refractivity contribution in [1.29, 1.82) is 0 Å². The number of H-pyrrole nitrogens is 1. The maximum absolute atomic E-state index is 12.0. The van der Waals surface area contributed by atoms with Crippen LogP contribution in [-0.4, -0.2) is 9.38 Å². The van der Waals surface area contributed by atoms with Gasteiger partial charge in [-0.1, -0.05) is 6.07 Å². The molecule has 0 aliphatic heterocycles. The van der Waals surface area contributed by atoms with Crippen LogP contribution in [0.15, 0.2) is 35.3 Å². The van der Waals surface area contributed by atoms with Gasteiger partial charge in [0.25, 0.3) is 5.56 Å². The van der Waals surface area contributed by atoms with Gasteiger partial charge in [0.2, 0.25) is 0 Å². The van der Waals surface area contributed by atoms with Crippen molar-refractivity contribution in [3.63, 3.8) is 0 Å². The molecular weight excluding hydrogens is 236 g/mol. The monoisotopic (exact) mass is 246 g/mol. The summed E-state index contributed by atoms with van der Waals surface area (Å²) >= 11 is 5.79. The Morgan fingerprint density at radius 1 is 1.35 bits per heavy atom. The van der Waals surface area contributed by atoms with Gasteiger partial charge in [0.05, 0.1) is 11.0 Å². The van der Waals surface area contributed by atoms with Crippen molar-refractivity contribution in [1.82, 2.24) is 9.38 Å². The third-order valence-electron chi connectivity index (χ3n) is 3.03. The van der Waals surface area contributed by atoms with E-state index in [9.17, 15) is 4.79 Å². The zero-order valence-electron chi connectivity index (χ0n) is 9.33. The molecule has 0 atom stereocenters. The summed E-state index contributed by atoms with van der Waals surface area (Å²) < 4.78 is 1.92. The van der Waals surface area contributed by atoms with E-state index in [0.29, 0.717) is 11.4 Å². The van der Waals surface area contributed by atoms with Gasteiger partial charge in [0.15, 0.2) is 0 Å². The number of halogens is 1. The van der Waals surface area contributed by atoms with Crippen LogP contribution in [0.4, 0.5) is 0 Å².